The molecule has 0 atom stereocenters. The van der Waals surface area contributed by atoms with Crippen LogP contribution in [-0.4, -0.2) is 72.6 Å². The fourth-order valence-electron chi connectivity index (χ4n) is 5.65. The molecule has 1 amide bonds. The van der Waals surface area contributed by atoms with Crippen molar-refractivity contribution in [3.05, 3.63) is 77.1 Å². The Balaban J connectivity index is 1.25. The number of carbonyl (C=O) groups is 1. The van der Waals surface area contributed by atoms with Crippen LogP contribution >= 0.6 is 0 Å². The number of ether oxygens (including phenoxy) is 1. The standard InChI is InChI=1S/C32H39F3N6O2/c1-40-12-6-22(7-13-40)21-43-29-16-23(5-11-36-29)20-38-30-28(4-3-10-37-30)31(42)39-27-18-25(17-26(19-27)32(33,34)35)24-8-14-41(2)15-9-24/h3-5,10-11,16-19,22,24H,6-9,12-15,20-21H2,1-2H3,(H,37,38)(H,39,42). The van der Waals surface area contributed by atoms with Crippen molar-refractivity contribution in [2.45, 2.75) is 44.3 Å². The Hall–Kier alpha value is -3.70. The maximum Gasteiger partial charge on any atom is 0.416 e. The van der Waals surface area contributed by atoms with Crippen LogP contribution < -0.4 is 15.4 Å². The molecule has 8 nitrogen and oxygen atoms in total. The van der Waals surface area contributed by atoms with Gasteiger partial charge in [-0.15, -0.1) is 0 Å². The summed E-state index contributed by atoms with van der Waals surface area (Å²) in [5.41, 5.74) is 1.06. The third-order valence-corrected chi connectivity index (χ3v) is 8.35. The van der Waals surface area contributed by atoms with E-state index >= 15 is 0 Å². The van der Waals surface area contributed by atoms with Crippen LogP contribution in [0.5, 0.6) is 5.88 Å². The Labute approximate surface area is 250 Å². The van der Waals surface area contributed by atoms with Crippen molar-refractivity contribution < 1.29 is 22.7 Å². The number of benzene rings is 1. The van der Waals surface area contributed by atoms with Gasteiger partial charge in [0.25, 0.3) is 5.91 Å². The lowest BCUT2D eigenvalue weighted by Crippen LogP contribution is -2.32. The first-order valence-electron chi connectivity index (χ1n) is 14.8. The zero-order chi connectivity index (χ0) is 30.4. The predicted octanol–water partition coefficient (Wildman–Crippen LogP) is 5.89. The number of hydrogen-bond acceptors (Lipinski definition) is 7. The number of likely N-dealkylation sites (tertiary alicyclic amines) is 2. The molecule has 0 radical (unpaired) electrons. The number of aromatic nitrogens is 2. The molecule has 230 valence electrons. The largest absolute Gasteiger partial charge is 0.477 e. The number of halogens is 3. The van der Waals surface area contributed by atoms with Crippen molar-refractivity contribution in [1.82, 2.24) is 19.8 Å². The quantitative estimate of drug-likeness (QED) is 0.319. The van der Waals surface area contributed by atoms with E-state index in [1.807, 2.05) is 19.2 Å². The number of hydrogen-bond donors (Lipinski definition) is 2. The fourth-order valence-corrected chi connectivity index (χ4v) is 5.65. The van der Waals surface area contributed by atoms with E-state index in [0.717, 1.165) is 63.5 Å². The molecule has 0 bridgehead atoms. The number of piperidine rings is 2. The monoisotopic (exact) mass is 596 g/mol. The topological polar surface area (TPSA) is 82.6 Å². The van der Waals surface area contributed by atoms with Gasteiger partial charge in [-0.3, -0.25) is 4.79 Å². The predicted molar refractivity (Wildman–Crippen MR) is 160 cm³/mol. The molecule has 2 fully saturated rings. The second kappa shape index (κ2) is 13.7. The molecule has 2 saturated heterocycles. The molecule has 43 heavy (non-hydrogen) atoms. The van der Waals surface area contributed by atoms with E-state index in [2.05, 4.69) is 37.4 Å². The first-order valence-corrected chi connectivity index (χ1v) is 14.8. The van der Waals surface area contributed by atoms with Crippen LogP contribution in [0, 0.1) is 5.92 Å². The Morgan fingerprint density at radius 3 is 2.40 bits per heavy atom. The summed E-state index contributed by atoms with van der Waals surface area (Å²) in [6, 6.07) is 10.8. The highest BCUT2D eigenvalue weighted by Gasteiger charge is 2.32. The summed E-state index contributed by atoms with van der Waals surface area (Å²) in [4.78, 5) is 26.5. The molecular formula is C32H39F3N6O2. The Morgan fingerprint density at radius 2 is 1.67 bits per heavy atom. The molecule has 5 rings (SSSR count). The zero-order valence-corrected chi connectivity index (χ0v) is 24.7. The minimum Gasteiger partial charge on any atom is -0.477 e. The molecule has 2 aliphatic heterocycles. The van der Waals surface area contributed by atoms with Gasteiger partial charge in [0.15, 0.2) is 0 Å². The van der Waals surface area contributed by atoms with Gasteiger partial charge in [-0.25, -0.2) is 9.97 Å². The number of rotatable bonds is 9. The SMILES string of the molecule is CN1CCC(COc2cc(CNc3ncccc3C(=O)Nc3cc(C4CCN(C)CC4)cc(C(F)(F)F)c3)ccn2)CC1. The summed E-state index contributed by atoms with van der Waals surface area (Å²) < 4.78 is 47.4. The number of carbonyl (C=O) groups excluding carboxylic acids is 1. The van der Waals surface area contributed by atoms with Crippen LogP contribution in [-0.2, 0) is 12.7 Å². The molecule has 4 heterocycles. The zero-order valence-electron chi connectivity index (χ0n) is 24.7. The minimum atomic E-state index is -4.53. The van der Waals surface area contributed by atoms with Crippen LogP contribution in [0.1, 0.15) is 58.6 Å². The van der Waals surface area contributed by atoms with Gasteiger partial charge in [0.1, 0.15) is 5.82 Å². The van der Waals surface area contributed by atoms with Crippen molar-refractivity contribution in [2.24, 2.45) is 5.92 Å². The van der Waals surface area contributed by atoms with Crippen LogP contribution in [0.2, 0.25) is 0 Å². The normalized spacial score (nSPS) is 17.5. The summed E-state index contributed by atoms with van der Waals surface area (Å²) in [5.74, 6) is 0.839. The van der Waals surface area contributed by atoms with Crippen molar-refractivity contribution in [2.75, 3.05) is 57.5 Å². The fraction of sp³-hybridized carbons (Fsp3) is 0.469. The highest BCUT2D eigenvalue weighted by atomic mass is 19.4. The maximum absolute atomic E-state index is 13.8. The van der Waals surface area contributed by atoms with Crippen LogP contribution in [0.25, 0.3) is 0 Å². The van der Waals surface area contributed by atoms with Gasteiger partial charge in [-0.1, -0.05) is 0 Å². The van der Waals surface area contributed by atoms with Gasteiger partial charge >= 0.3 is 6.18 Å². The number of nitrogens with one attached hydrogen (secondary N) is 2. The van der Waals surface area contributed by atoms with Gasteiger partial charge in [-0.05, 0) is 125 Å². The molecule has 3 aromatic rings. The van der Waals surface area contributed by atoms with Gasteiger partial charge in [0.05, 0.1) is 17.7 Å². The number of alkyl halides is 3. The highest BCUT2D eigenvalue weighted by Crippen LogP contribution is 2.36. The van der Waals surface area contributed by atoms with E-state index in [1.165, 1.54) is 6.07 Å². The summed E-state index contributed by atoms with van der Waals surface area (Å²) in [7, 11) is 4.14. The van der Waals surface area contributed by atoms with Crippen LogP contribution in [0.4, 0.5) is 24.7 Å². The molecule has 0 saturated carbocycles. The van der Waals surface area contributed by atoms with Gasteiger partial charge in [-0.2, -0.15) is 13.2 Å². The van der Waals surface area contributed by atoms with E-state index in [9.17, 15) is 18.0 Å². The second-order valence-corrected chi connectivity index (χ2v) is 11.7. The van der Waals surface area contributed by atoms with Crippen molar-refractivity contribution in [3.8, 4) is 5.88 Å². The first kappa shape index (κ1) is 30.7. The van der Waals surface area contributed by atoms with Crippen LogP contribution in [0.3, 0.4) is 0 Å². The first-order chi connectivity index (χ1) is 20.6. The van der Waals surface area contributed by atoms with Gasteiger partial charge < -0.3 is 25.2 Å². The molecule has 0 aliphatic carbocycles. The number of nitrogens with zero attached hydrogens (tertiary/aromatic N) is 4. The lowest BCUT2D eigenvalue weighted by atomic mass is 9.88. The minimum absolute atomic E-state index is 0.00312. The summed E-state index contributed by atoms with van der Waals surface area (Å²) >= 11 is 0. The molecular weight excluding hydrogens is 557 g/mol. The van der Waals surface area contributed by atoms with Crippen molar-refractivity contribution in [1.29, 1.82) is 0 Å². The van der Waals surface area contributed by atoms with E-state index in [-0.39, 0.29) is 17.2 Å². The Bertz CT molecular complexity index is 1390. The summed E-state index contributed by atoms with van der Waals surface area (Å²) in [6.45, 7) is 4.75. The van der Waals surface area contributed by atoms with Crippen LogP contribution in [0.15, 0.2) is 54.9 Å². The number of amides is 1. The van der Waals surface area contributed by atoms with E-state index in [1.54, 1.807) is 30.6 Å². The maximum atomic E-state index is 13.8. The molecule has 11 heteroatoms. The van der Waals surface area contributed by atoms with Gasteiger partial charge in [0.2, 0.25) is 5.88 Å². The molecule has 2 aromatic heterocycles. The van der Waals surface area contributed by atoms with Gasteiger partial charge in [0, 0.05) is 30.7 Å². The molecule has 2 aliphatic rings. The Morgan fingerprint density at radius 1 is 0.953 bits per heavy atom. The molecule has 0 unspecified atom stereocenters. The number of anilines is 2. The van der Waals surface area contributed by atoms with Crippen molar-refractivity contribution in [3.63, 3.8) is 0 Å². The van der Waals surface area contributed by atoms with E-state index < -0.39 is 17.6 Å². The average molecular weight is 597 g/mol. The third-order valence-electron chi connectivity index (χ3n) is 8.35. The second-order valence-electron chi connectivity index (χ2n) is 11.7. The van der Waals surface area contributed by atoms with Crippen molar-refractivity contribution >= 4 is 17.4 Å². The lowest BCUT2D eigenvalue weighted by molar-refractivity contribution is -0.137. The summed E-state index contributed by atoms with van der Waals surface area (Å²) in [5, 5.41) is 5.89. The van der Waals surface area contributed by atoms with E-state index in [0.29, 0.717) is 36.3 Å². The molecule has 0 spiro atoms. The highest BCUT2D eigenvalue weighted by molar-refractivity contribution is 6.07. The smallest absolute Gasteiger partial charge is 0.416 e. The summed E-state index contributed by atoms with van der Waals surface area (Å²) in [6.07, 6.45) is 2.45. The Kier molecular flexibility index (Phi) is 9.82. The average Bonchev–Trinajstić information content (AvgIpc) is 3.00. The third kappa shape index (κ3) is 8.45. The number of pyridine rings is 2. The lowest BCUT2D eigenvalue weighted by Gasteiger charge is -2.29. The molecule has 1 aromatic carbocycles. The van der Waals surface area contributed by atoms with E-state index in [4.69, 9.17) is 4.74 Å². The molecule has 2 N–H and O–H groups in total.